The maximum absolute atomic E-state index is 12.4. The van der Waals surface area contributed by atoms with E-state index in [0.717, 1.165) is 24.1 Å². The second-order valence-corrected chi connectivity index (χ2v) is 8.03. The van der Waals surface area contributed by atoms with Gasteiger partial charge in [0.25, 0.3) is 0 Å². The summed E-state index contributed by atoms with van der Waals surface area (Å²) in [6.45, 7) is 2.49. The Morgan fingerprint density at radius 2 is 1.88 bits per heavy atom. The van der Waals surface area contributed by atoms with Crippen LogP contribution in [0.25, 0.3) is 11.1 Å². The van der Waals surface area contributed by atoms with Crippen molar-refractivity contribution < 1.29 is 27.6 Å². The number of nitro groups is 1. The number of hydrogen-bond donors (Lipinski definition) is 0. The molecule has 2 aliphatic heterocycles. The topological polar surface area (TPSA) is 82.7 Å². The molecular weight excluding hydrogens is 441 g/mol. The van der Waals surface area contributed by atoms with Gasteiger partial charge >= 0.3 is 18.2 Å². The summed E-state index contributed by atoms with van der Waals surface area (Å²) in [5, 5.41) is 11.0. The van der Waals surface area contributed by atoms with Gasteiger partial charge < -0.3 is 19.6 Å². The minimum Gasteiger partial charge on any atom is -0.444 e. The number of hydrogen-bond acceptors (Lipinski definition) is 6. The number of nitrogens with zero attached hydrogens (tertiary/aromatic N) is 4. The molecule has 33 heavy (non-hydrogen) atoms. The average Bonchev–Trinajstić information content (AvgIpc) is 3.22. The van der Waals surface area contributed by atoms with Gasteiger partial charge in [-0.3, -0.25) is 9.47 Å². The number of aromatic nitrogens is 2. The molecule has 3 aromatic rings. The Morgan fingerprint density at radius 3 is 2.61 bits per heavy atom. The molecule has 0 amide bonds. The Labute approximate surface area is 186 Å². The molecule has 0 radical (unpaired) electrons. The lowest BCUT2D eigenvalue weighted by Gasteiger charge is -2.37. The quantitative estimate of drug-likeness (QED) is 0.429. The molecule has 2 aliphatic rings. The third-order valence-electron chi connectivity index (χ3n) is 5.91. The van der Waals surface area contributed by atoms with Gasteiger partial charge in [-0.25, -0.2) is 0 Å². The molecule has 0 unspecified atom stereocenters. The van der Waals surface area contributed by atoms with Gasteiger partial charge in [-0.05, 0) is 45.7 Å². The third kappa shape index (κ3) is 4.49. The van der Waals surface area contributed by atoms with Gasteiger partial charge in [-0.15, -0.1) is 13.2 Å². The molecule has 8 nitrogen and oxygen atoms in total. The van der Waals surface area contributed by atoms with Crippen molar-refractivity contribution in [3.63, 3.8) is 0 Å². The second-order valence-electron chi connectivity index (χ2n) is 8.03. The second kappa shape index (κ2) is 8.07. The minimum atomic E-state index is -4.71. The van der Waals surface area contributed by atoms with E-state index in [1.807, 2.05) is 12.1 Å². The normalized spacial score (nSPS) is 18.2. The van der Waals surface area contributed by atoms with Crippen LogP contribution in [0, 0.1) is 10.1 Å². The molecule has 0 spiro atoms. The average molecular weight is 460 g/mol. The van der Waals surface area contributed by atoms with Crippen LogP contribution >= 0.6 is 0 Å². The highest BCUT2D eigenvalue weighted by Gasteiger charge is 2.33. The first-order valence-electron chi connectivity index (χ1n) is 10.3. The van der Waals surface area contributed by atoms with E-state index in [2.05, 4.69) is 20.7 Å². The predicted octanol–water partition coefficient (Wildman–Crippen LogP) is 4.18. The monoisotopic (exact) mass is 460 g/mol. The lowest BCUT2D eigenvalue weighted by atomic mass is 9.94. The van der Waals surface area contributed by atoms with E-state index in [0.29, 0.717) is 19.7 Å². The Balaban J connectivity index is 1.27. The zero-order chi connectivity index (χ0) is 23.2. The summed E-state index contributed by atoms with van der Waals surface area (Å²) < 4.78 is 48.3. The van der Waals surface area contributed by atoms with Crippen LogP contribution in [0.15, 0.2) is 48.7 Å². The molecule has 11 heteroatoms. The molecule has 3 heterocycles. The number of benzene rings is 2. The van der Waals surface area contributed by atoms with Crippen molar-refractivity contribution >= 4 is 5.82 Å². The van der Waals surface area contributed by atoms with Crippen molar-refractivity contribution in [2.75, 3.05) is 13.2 Å². The van der Waals surface area contributed by atoms with E-state index < -0.39 is 11.3 Å². The van der Waals surface area contributed by atoms with Crippen LogP contribution in [-0.2, 0) is 19.5 Å². The number of halogens is 3. The van der Waals surface area contributed by atoms with E-state index in [1.54, 1.807) is 16.7 Å². The molecule has 0 saturated carbocycles. The SMILES string of the molecule is O=[N+]([O-])c1cn2c(n1)OC[C@@H](N1CCc3cc(-c4ccc(OC(F)(F)F)cc4)ccc3C1)C2. The fourth-order valence-corrected chi connectivity index (χ4v) is 4.31. The van der Waals surface area contributed by atoms with E-state index in [9.17, 15) is 23.3 Å². The summed E-state index contributed by atoms with van der Waals surface area (Å²) in [4.78, 5) is 16.6. The maximum Gasteiger partial charge on any atom is 0.573 e. The summed E-state index contributed by atoms with van der Waals surface area (Å²) in [6.07, 6.45) is -2.50. The molecule has 0 N–H and O–H groups in total. The van der Waals surface area contributed by atoms with Crippen molar-refractivity contribution in [2.24, 2.45) is 0 Å². The van der Waals surface area contributed by atoms with Crippen LogP contribution in [-0.4, -0.2) is 44.9 Å². The van der Waals surface area contributed by atoms with Gasteiger partial charge in [0.2, 0.25) is 0 Å². The maximum atomic E-state index is 12.4. The lowest BCUT2D eigenvalue weighted by Crippen LogP contribution is -2.47. The van der Waals surface area contributed by atoms with Gasteiger partial charge in [0.15, 0.2) is 0 Å². The van der Waals surface area contributed by atoms with Crippen molar-refractivity contribution in [1.29, 1.82) is 0 Å². The summed E-state index contributed by atoms with van der Waals surface area (Å²) >= 11 is 0. The zero-order valence-corrected chi connectivity index (χ0v) is 17.3. The van der Waals surface area contributed by atoms with Gasteiger partial charge in [0.1, 0.15) is 18.6 Å². The highest BCUT2D eigenvalue weighted by Crippen LogP contribution is 2.31. The van der Waals surface area contributed by atoms with Crippen molar-refractivity contribution in [2.45, 2.75) is 31.9 Å². The summed E-state index contributed by atoms with van der Waals surface area (Å²) in [5.74, 6) is -0.471. The van der Waals surface area contributed by atoms with Gasteiger partial charge in [0, 0.05) is 24.6 Å². The number of ether oxygens (including phenoxy) is 2. The Kier molecular flexibility index (Phi) is 5.20. The van der Waals surface area contributed by atoms with Crippen LogP contribution in [0.5, 0.6) is 11.8 Å². The standard InChI is InChI=1S/C22H19F3N4O4/c23-22(24,25)33-19-5-3-14(4-6-19)15-1-2-17-10-27(8-7-16(17)9-15)18-11-28-12-20(29(30)31)26-21(28)32-13-18/h1-6,9,12,18H,7-8,10-11,13H2/t18-/m0/s1. The van der Waals surface area contributed by atoms with E-state index in [-0.39, 0.29) is 23.6 Å². The Morgan fingerprint density at radius 1 is 1.12 bits per heavy atom. The smallest absolute Gasteiger partial charge is 0.444 e. The van der Waals surface area contributed by atoms with Crippen LogP contribution in [0.3, 0.4) is 0 Å². The molecule has 0 saturated heterocycles. The predicted molar refractivity (Wildman–Crippen MR) is 111 cm³/mol. The van der Waals surface area contributed by atoms with E-state index in [4.69, 9.17) is 4.74 Å². The number of alkyl halides is 3. The van der Waals surface area contributed by atoms with Crippen LogP contribution < -0.4 is 9.47 Å². The molecule has 1 atom stereocenters. The lowest BCUT2D eigenvalue weighted by molar-refractivity contribution is -0.389. The molecule has 0 aliphatic carbocycles. The largest absolute Gasteiger partial charge is 0.573 e. The van der Waals surface area contributed by atoms with E-state index >= 15 is 0 Å². The minimum absolute atomic E-state index is 0.0697. The number of imidazole rings is 1. The van der Waals surface area contributed by atoms with Gasteiger partial charge in [-0.1, -0.05) is 30.3 Å². The van der Waals surface area contributed by atoms with Crippen LogP contribution in [0.1, 0.15) is 11.1 Å². The van der Waals surface area contributed by atoms with Gasteiger partial charge in [0.05, 0.1) is 6.04 Å². The molecule has 0 fully saturated rings. The van der Waals surface area contributed by atoms with Crippen LogP contribution in [0.4, 0.5) is 19.0 Å². The number of fused-ring (bicyclic) bond motifs is 2. The zero-order valence-electron chi connectivity index (χ0n) is 17.3. The highest BCUT2D eigenvalue weighted by atomic mass is 19.4. The molecule has 172 valence electrons. The third-order valence-corrected chi connectivity index (χ3v) is 5.91. The Bertz CT molecular complexity index is 1190. The Hall–Kier alpha value is -3.60. The fourth-order valence-electron chi connectivity index (χ4n) is 4.31. The van der Waals surface area contributed by atoms with Crippen molar-refractivity contribution in [3.8, 4) is 22.9 Å². The van der Waals surface area contributed by atoms with Gasteiger partial charge in [-0.2, -0.15) is 0 Å². The fraction of sp³-hybridized carbons (Fsp3) is 0.318. The highest BCUT2D eigenvalue weighted by molar-refractivity contribution is 5.66. The van der Waals surface area contributed by atoms with E-state index in [1.165, 1.54) is 29.5 Å². The molecule has 1 aromatic heterocycles. The molecule has 2 aromatic carbocycles. The summed E-state index contributed by atoms with van der Waals surface area (Å²) in [7, 11) is 0. The van der Waals surface area contributed by atoms with Crippen LogP contribution in [0.2, 0.25) is 0 Å². The van der Waals surface area contributed by atoms with Crippen molar-refractivity contribution in [3.05, 3.63) is 69.9 Å². The summed E-state index contributed by atoms with van der Waals surface area (Å²) in [6, 6.07) is 12.2. The van der Waals surface area contributed by atoms with Crippen molar-refractivity contribution in [1.82, 2.24) is 14.5 Å². The first-order chi connectivity index (χ1) is 15.7. The first-order valence-corrected chi connectivity index (χ1v) is 10.3. The number of rotatable bonds is 4. The molecular formula is C22H19F3N4O4. The first kappa shape index (κ1) is 21.3. The summed E-state index contributed by atoms with van der Waals surface area (Å²) in [5.41, 5.74) is 4.10. The molecule has 0 bridgehead atoms. The molecule has 5 rings (SSSR count).